The Balaban J connectivity index is 1.89. The fraction of sp³-hybridized carbons (Fsp3) is 0.600. The molecule has 1 N–H and O–H groups in total. The Morgan fingerprint density at radius 3 is 2.79 bits per heavy atom. The quantitative estimate of drug-likeness (QED) is 0.833. The van der Waals surface area contributed by atoms with Crippen LogP contribution in [0.4, 0.5) is 11.4 Å². The molecule has 104 valence electrons. The zero-order chi connectivity index (χ0) is 13.2. The van der Waals surface area contributed by atoms with Crippen molar-refractivity contribution in [3.05, 3.63) is 18.2 Å². The van der Waals surface area contributed by atoms with Crippen molar-refractivity contribution in [2.75, 3.05) is 49.6 Å². The molecule has 1 fully saturated rings. The molecule has 0 aliphatic carbocycles. The van der Waals surface area contributed by atoms with E-state index in [9.17, 15) is 0 Å². The third kappa shape index (κ3) is 2.63. The van der Waals surface area contributed by atoms with E-state index < -0.39 is 0 Å². The van der Waals surface area contributed by atoms with E-state index in [0.29, 0.717) is 6.10 Å². The summed E-state index contributed by atoms with van der Waals surface area (Å²) >= 11 is 0. The Bertz CT molecular complexity index is 443. The average Bonchev–Trinajstić information content (AvgIpc) is 2.59. The molecule has 19 heavy (non-hydrogen) atoms. The third-order valence-electron chi connectivity index (χ3n) is 4.04. The third-order valence-corrected chi connectivity index (χ3v) is 4.04. The van der Waals surface area contributed by atoms with Gasteiger partial charge in [-0.2, -0.15) is 0 Å². The van der Waals surface area contributed by atoms with Gasteiger partial charge in [0.05, 0.1) is 11.8 Å². The van der Waals surface area contributed by atoms with Crippen LogP contribution in [0.1, 0.15) is 13.3 Å². The monoisotopic (exact) mass is 261 g/mol. The van der Waals surface area contributed by atoms with Crippen molar-refractivity contribution in [3.63, 3.8) is 0 Å². The molecule has 2 aliphatic rings. The highest BCUT2D eigenvalue weighted by molar-refractivity contribution is 5.67. The molecular weight excluding hydrogens is 238 g/mol. The second-order valence-corrected chi connectivity index (χ2v) is 5.53. The average molecular weight is 261 g/mol. The minimum absolute atomic E-state index is 0.300. The number of ether oxygens (including phenoxy) is 1. The van der Waals surface area contributed by atoms with E-state index in [0.717, 1.165) is 44.9 Å². The van der Waals surface area contributed by atoms with Crippen LogP contribution in [-0.2, 0) is 0 Å². The van der Waals surface area contributed by atoms with Crippen molar-refractivity contribution < 1.29 is 4.74 Å². The number of nitrogens with zero attached hydrogens (tertiary/aromatic N) is 2. The molecule has 3 rings (SSSR count). The maximum atomic E-state index is 6.00. The number of piperazine rings is 1. The molecule has 0 saturated carbocycles. The number of anilines is 2. The van der Waals surface area contributed by atoms with Crippen molar-refractivity contribution >= 4 is 11.4 Å². The lowest BCUT2D eigenvalue weighted by Gasteiger charge is -2.30. The summed E-state index contributed by atoms with van der Waals surface area (Å²) in [4.78, 5) is 4.75. The lowest BCUT2D eigenvalue weighted by atomic mass is 10.2. The molecule has 1 saturated heterocycles. The van der Waals surface area contributed by atoms with Gasteiger partial charge in [-0.15, -0.1) is 0 Å². The molecule has 1 aromatic carbocycles. The minimum Gasteiger partial charge on any atom is -0.488 e. The van der Waals surface area contributed by atoms with Crippen molar-refractivity contribution in [1.82, 2.24) is 5.32 Å². The van der Waals surface area contributed by atoms with E-state index in [1.165, 1.54) is 11.4 Å². The molecule has 4 heteroatoms. The van der Waals surface area contributed by atoms with E-state index in [4.69, 9.17) is 4.74 Å². The summed E-state index contributed by atoms with van der Waals surface area (Å²) in [5.74, 6) is 1.02. The molecule has 2 heterocycles. The molecule has 1 atom stereocenters. The van der Waals surface area contributed by atoms with Crippen LogP contribution in [-0.4, -0.2) is 45.9 Å². The topological polar surface area (TPSA) is 27.7 Å². The Hall–Kier alpha value is -1.42. The highest BCUT2D eigenvalue weighted by Crippen LogP contribution is 2.35. The Labute approximate surface area is 115 Å². The Kier molecular flexibility index (Phi) is 3.51. The van der Waals surface area contributed by atoms with Gasteiger partial charge in [0.1, 0.15) is 5.75 Å². The van der Waals surface area contributed by atoms with Gasteiger partial charge in [-0.25, -0.2) is 0 Å². The van der Waals surface area contributed by atoms with Crippen LogP contribution in [0.15, 0.2) is 18.2 Å². The molecule has 1 aromatic rings. The summed E-state index contributed by atoms with van der Waals surface area (Å²) in [6.45, 7) is 7.51. The lowest BCUT2D eigenvalue weighted by molar-refractivity contribution is 0.221. The highest BCUT2D eigenvalue weighted by Gasteiger charge is 2.19. The largest absolute Gasteiger partial charge is 0.488 e. The van der Waals surface area contributed by atoms with Crippen LogP contribution in [0.2, 0.25) is 0 Å². The molecule has 0 aromatic heterocycles. The number of hydrogen-bond acceptors (Lipinski definition) is 4. The van der Waals surface area contributed by atoms with Crippen LogP contribution in [0.5, 0.6) is 5.75 Å². The summed E-state index contributed by atoms with van der Waals surface area (Å²) in [5.41, 5.74) is 2.53. The van der Waals surface area contributed by atoms with E-state index in [-0.39, 0.29) is 0 Å². The standard InChI is InChI=1S/C15H23N3O/c1-12-5-8-17(2)14-11-13(3-4-15(14)19-12)18-9-6-16-7-10-18/h3-4,11-12,16H,5-10H2,1-2H3. The fourth-order valence-electron chi connectivity index (χ4n) is 2.80. The van der Waals surface area contributed by atoms with Crippen molar-refractivity contribution in [3.8, 4) is 5.75 Å². The van der Waals surface area contributed by atoms with E-state index in [2.05, 4.69) is 47.3 Å². The minimum atomic E-state index is 0.300. The maximum Gasteiger partial charge on any atom is 0.143 e. The van der Waals surface area contributed by atoms with Gasteiger partial charge in [-0.1, -0.05) is 0 Å². The van der Waals surface area contributed by atoms with Crippen molar-refractivity contribution in [2.24, 2.45) is 0 Å². The molecule has 1 unspecified atom stereocenters. The van der Waals surface area contributed by atoms with Crippen LogP contribution in [0, 0.1) is 0 Å². The van der Waals surface area contributed by atoms with E-state index in [1.807, 2.05) is 0 Å². The van der Waals surface area contributed by atoms with Crippen molar-refractivity contribution in [1.29, 1.82) is 0 Å². The normalized spacial score (nSPS) is 23.6. The predicted octanol–water partition coefficient (Wildman–Crippen LogP) is 1.70. The molecular formula is C15H23N3O. The number of benzene rings is 1. The summed E-state index contributed by atoms with van der Waals surface area (Å²) < 4.78 is 6.00. The molecule has 0 bridgehead atoms. The summed E-state index contributed by atoms with van der Waals surface area (Å²) in [7, 11) is 2.15. The van der Waals surface area contributed by atoms with Gasteiger partial charge in [-0.3, -0.25) is 0 Å². The lowest BCUT2D eigenvalue weighted by Crippen LogP contribution is -2.43. The zero-order valence-electron chi connectivity index (χ0n) is 11.9. The van der Waals surface area contributed by atoms with Crippen molar-refractivity contribution in [2.45, 2.75) is 19.4 Å². The number of nitrogens with one attached hydrogen (secondary N) is 1. The van der Waals surface area contributed by atoms with Gasteiger partial charge >= 0.3 is 0 Å². The van der Waals surface area contributed by atoms with E-state index in [1.54, 1.807) is 0 Å². The highest BCUT2D eigenvalue weighted by atomic mass is 16.5. The number of fused-ring (bicyclic) bond motifs is 1. The SMILES string of the molecule is CC1CCN(C)c2cc(N3CCNCC3)ccc2O1. The summed E-state index contributed by atoms with van der Waals surface area (Å²) in [6, 6.07) is 6.60. The Morgan fingerprint density at radius 1 is 1.21 bits per heavy atom. The molecule has 0 amide bonds. The second kappa shape index (κ2) is 5.29. The first-order valence-corrected chi connectivity index (χ1v) is 7.21. The Morgan fingerprint density at radius 2 is 2.00 bits per heavy atom. The van der Waals surface area contributed by atoms with Crippen LogP contribution in [0.25, 0.3) is 0 Å². The first-order chi connectivity index (χ1) is 9.24. The number of rotatable bonds is 1. The first-order valence-electron chi connectivity index (χ1n) is 7.21. The van der Waals surface area contributed by atoms with Gasteiger partial charge in [0.25, 0.3) is 0 Å². The van der Waals surface area contributed by atoms with Gasteiger partial charge in [0, 0.05) is 51.9 Å². The molecule has 0 spiro atoms. The molecule has 0 radical (unpaired) electrons. The predicted molar refractivity (Wildman–Crippen MR) is 79.5 cm³/mol. The van der Waals surface area contributed by atoms with Gasteiger partial charge in [0.15, 0.2) is 0 Å². The summed E-state index contributed by atoms with van der Waals surface area (Å²) in [5, 5.41) is 3.39. The summed E-state index contributed by atoms with van der Waals surface area (Å²) in [6.07, 6.45) is 1.38. The first kappa shape index (κ1) is 12.6. The van der Waals surface area contributed by atoms with Crippen LogP contribution in [0.3, 0.4) is 0 Å². The van der Waals surface area contributed by atoms with Gasteiger partial charge < -0.3 is 19.9 Å². The van der Waals surface area contributed by atoms with Crippen LogP contribution >= 0.6 is 0 Å². The van der Waals surface area contributed by atoms with Gasteiger partial charge in [0.2, 0.25) is 0 Å². The van der Waals surface area contributed by atoms with Gasteiger partial charge in [-0.05, 0) is 25.1 Å². The van der Waals surface area contributed by atoms with E-state index >= 15 is 0 Å². The maximum absolute atomic E-state index is 6.00. The second-order valence-electron chi connectivity index (χ2n) is 5.53. The van der Waals surface area contributed by atoms with Crippen LogP contribution < -0.4 is 19.9 Å². The molecule has 4 nitrogen and oxygen atoms in total. The zero-order valence-corrected chi connectivity index (χ0v) is 11.9. The smallest absolute Gasteiger partial charge is 0.143 e. The number of hydrogen-bond donors (Lipinski definition) is 1. The molecule has 2 aliphatic heterocycles. The fourth-order valence-corrected chi connectivity index (χ4v) is 2.80.